The van der Waals surface area contributed by atoms with Crippen molar-refractivity contribution in [2.45, 2.75) is 19.8 Å². The maximum atomic E-state index is 13.4. The van der Waals surface area contributed by atoms with Crippen LogP contribution < -0.4 is 10.0 Å². The standard InChI is InChI=1S/C13H21F2N3O2S/c1-3-8-16-9-5-10-18(2)21(19,20)17-13-11(14)6-4-7-12(13)15/h4,6-7,16-17H,3,5,8-10H2,1-2H3. The van der Waals surface area contributed by atoms with Crippen LogP contribution in [0.5, 0.6) is 0 Å². The zero-order valence-corrected chi connectivity index (χ0v) is 13.0. The first-order valence-electron chi connectivity index (χ1n) is 6.77. The van der Waals surface area contributed by atoms with E-state index in [2.05, 4.69) is 5.32 Å². The summed E-state index contributed by atoms with van der Waals surface area (Å²) < 4.78 is 53.8. The Morgan fingerprint density at radius 2 is 1.81 bits per heavy atom. The lowest BCUT2D eigenvalue weighted by molar-refractivity contribution is 0.457. The summed E-state index contributed by atoms with van der Waals surface area (Å²) in [6, 6.07) is 3.16. The monoisotopic (exact) mass is 321 g/mol. The van der Waals surface area contributed by atoms with E-state index in [0.29, 0.717) is 13.0 Å². The van der Waals surface area contributed by atoms with Gasteiger partial charge in [-0.2, -0.15) is 12.7 Å². The van der Waals surface area contributed by atoms with Crippen LogP contribution in [0.1, 0.15) is 19.8 Å². The average molecular weight is 321 g/mol. The van der Waals surface area contributed by atoms with Crippen LogP contribution in [0, 0.1) is 11.6 Å². The average Bonchev–Trinajstić information content (AvgIpc) is 2.42. The van der Waals surface area contributed by atoms with Crippen molar-refractivity contribution < 1.29 is 17.2 Å². The van der Waals surface area contributed by atoms with E-state index < -0.39 is 27.5 Å². The highest BCUT2D eigenvalue weighted by Crippen LogP contribution is 2.20. The lowest BCUT2D eigenvalue weighted by Crippen LogP contribution is -2.35. The number of para-hydroxylation sites is 1. The van der Waals surface area contributed by atoms with Gasteiger partial charge in [-0.15, -0.1) is 0 Å². The summed E-state index contributed by atoms with van der Waals surface area (Å²) in [5.74, 6) is -1.90. The molecule has 0 amide bonds. The molecule has 1 rings (SSSR count). The molecule has 2 N–H and O–H groups in total. The molecule has 0 saturated carbocycles. The zero-order chi connectivity index (χ0) is 15.9. The molecule has 120 valence electrons. The molecule has 0 heterocycles. The first-order valence-corrected chi connectivity index (χ1v) is 8.21. The third-order valence-electron chi connectivity index (χ3n) is 2.86. The molecule has 0 aliphatic rings. The highest BCUT2D eigenvalue weighted by Gasteiger charge is 2.20. The van der Waals surface area contributed by atoms with Gasteiger partial charge in [-0.25, -0.2) is 8.78 Å². The Labute approximate surface area is 124 Å². The molecule has 0 aromatic heterocycles. The Kier molecular flexibility index (Phi) is 7.00. The number of halogens is 2. The number of nitrogens with zero attached hydrogens (tertiary/aromatic N) is 1. The van der Waals surface area contributed by atoms with Crippen LogP contribution in [0.3, 0.4) is 0 Å². The van der Waals surface area contributed by atoms with Crippen molar-refractivity contribution in [1.29, 1.82) is 0 Å². The van der Waals surface area contributed by atoms with Crippen LogP contribution in [-0.2, 0) is 10.2 Å². The highest BCUT2D eigenvalue weighted by molar-refractivity contribution is 7.90. The molecule has 21 heavy (non-hydrogen) atoms. The van der Waals surface area contributed by atoms with Gasteiger partial charge in [0.1, 0.15) is 17.3 Å². The number of hydrogen-bond acceptors (Lipinski definition) is 3. The smallest absolute Gasteiger partial charge is 0.301 e. The van der Waals surface area contributed by atoms with E-state index in [0.717, 1.165) is 29.4 Å². The fourth-order valence-corrected chi connectivity index (χ4v) is 2.63. The maximum Gasteiger partial charge on any atom is 0.301 e. The minimum Gasteiger partial charge on any atom is -0.317 e. The van der Waals surface area contributed by atoms with E-state index in [1.54, 1.807) is 0 Å². The SMILES string of the molecule is CCCNCCCN(C)S(=O)(=O)Nc1c(F)cccc1F. The molecule has 1 aromatic carbocycles. The number of nitrogens with one attached hydrogen (secondary N) is 2. The van der Waals surface area contributed by atoms with Gasteiger partial charge in [0, 0.05) is 13.6 Å². The maximum absolute atomic E-state index is 13.4. The number of hydrogen-bond donors (Lipinski definition) is 2. The molecule has 0 aliphatic carbocycles. The number of rotatable bonds is 9. The van der Waals surface area contributed by atoms with Gasteiger partial charge in [0.25, 0.3) is 0 Å². The minimum absolute atomic E-state index is 0.252. The Hall–Kier alpha value is -1.25. The highest BCUT2D eigenvalue weighted by atomic mass is 32.2. The van der Waals surface area contributed by atoms with E-state index in [1.807, 2.05) is 11.6 Å². The Morgan fingerprint density at radius 1 is 1.19 bits per heavy atom. The predicted molar refractivity (Wildman–Crippen MR) is 79.3 cm³/mol. The quantitative estimate of drug-likeness (QED) is 0.683. The van der Waals surface area contributed by atoms with Gasteiger partial charge in [0.15, 0.2) is 0 Å². The molecule has 0 saturated heterocycles. The molecule has 0 aliphatic heterocycles. The number of benzene rings is 1. The van der Waals surface area contributed by atoms with Crippen molar-refractivity contribution in [3.05, 3.63) is 29.8 Å². The Balaban J connectivity index is 2.60. The second kappa shape index (κ2) is 8.26. The topological polar surface area (TPSA) is 61.4 Å². The van der Waals surface area contributed by atoms with Crippen molar-refractivity contribution in [1.82, 2.24) is 9.62 Å². The summed E-state index contributed by atoms with van der Waals surface area (Å²) in [6.45, 7) is 3.84. The lowest BCUT2D eigenvalue weighted by Gasteiger charge is -2.18. The molecule has 0 atom stereocenters. The summed E-state index contributed by atoms with van der Waals surface area (Å²) in [6.07, 6.45) is 1.61. The van der Waals surface area contributed by atoms with E-state index >= 15 is 0 Å². The van der Waals surface area contributed by atoms with E-state index in [9.17, 15) is 17.2 Å². The fraction of sp³-hybridized carbons (Fsp3) is 0.538. The molecular weight excluding hydrogens is 300 g/mol. The first kappa shape index (κ1) is 17.8. The summed E-state index contributed by atoms with van der Waals surface area (Å²) in [7, 11) is -2.61. The molecule has 0 radical (unpaired) electrons. The minimum atomic E-state index is -3.98. The third kappa shape index (κ3) is 5.56. The lowest BCUT2D eigenvalue weighted by atomic mass is 10.3. The van der Waals surface area contributed by atoms with E-state index in [1.165, 1.54) is 13.1 Å². The fourth-order valence-electron chi connectivity index (χ4n) is 1.65. The van der Waals surface area contributed by atoms with Gasteiger partial charge in [-0.3, -0.25) is 4.72 Å². The van der Waals surface area contributed by atoms with Gasteiger partial charge < -0.3 is 5.32 Å². The van der Waals surface area contributed by atoms with Gasteiger partial charge in [-0.05, 0) is 38.1 Å². The first-order chi connectivity index (χ1) is 9.88. The summed E-state index contributed by atoms with van der Waals surface area (Å²) in [5, 5.41) is 3.15. The summed E-state index contributed by atoms with van der Waals surface area (Å²) in [5.41, 5.74) is -0.659. The Bertz CT molecular complexity index is 532. The van der Waals surface area contributed by atoms with Gasteiger partial charge in [-0.1, -0.05) is 13.0 Å². The van der Waals surface area contributed by atoms with Gasteiger partial charge in [0.05, 0.1) is 0 Å². The van der Waals surface area contributed by atoms with Crippen LogP contribution in [0.4, 0.5) is 14.5 Å². The molecule has 0 bridgehead atoms. The van der Waals surface area contributed by atoms with Crippen LogP contribution >= 0.6 is 0 Å². The molecular formula is C13H21F2N3O2S. The molecule has 0 fully saturated rings. The molecule has 0 unspecified atom stereocenters. The van der Waals surface area contributed by atoms with Crippen molar-refractivity contribution in [3.63, 3.8) is 0 Å². The van der Waals surface area contributed by atoms with Crippen LogP contribution in [0.25, 0.3) is 0 Å². The van der Waals surface area contributed by atoms with Crippen molar-refractivity contribution >= 4 is 15.9 Å². The van der Waals surface area contributed by atoms with Crippen molar-refractivity contribution in [2.75, 3.05) is 31.4 Å². The number of anilines is 1. The summed E-state index contributed by atoms with van der Waals surface area (Å²) >= 11 is 0. The molecule has 5 nitrogen and oxygen atoms in total. The molecule has 8 heteroatoms. The van der Waals surface area contributed by atoms with E-state index in [-0.39, 0.29) is 6.54 Å². The van der Waals surface area contributed by atoms with Gasteiger partial charge in [0.2, 0.25) is 0 Å². The zero-order valence-electron chi connectivity index (χ0n) is 12.2. The van der Waals surface area contributed by atoms with E-state index in [4.69, 9.17) is 0 Å². The normalized spacial score (nSPS) is 11.9. The van der Waals surface area contributed by atoms with Crippen molar-refractivity contribution in [2.24, 2.45) is 0 Å². The second-order valence-corrected chi connectivity index (χ2v) is 6.41. The summed E-state index contributed by atoms with van der Waals surface area (Å²) in [4.78, 5) is 0. The van der Waals surface area contributed by atoms with Crippen LogP contribution in [-0.4, -0.2) is 39.4 Å². The van der Waals surface area contributed by atoms with Crippen LogP contribution in [0.2, 0.25) is 0 Å². The molecule has 0 spiro atoms. The van der Waals surface area contributed by atoms with Crippen molar-refractivity contribution in [3.8, 4) is 0 Å². The Morgan fingerprint density at radius 3 is 2.38 bits per heavy atom. The molecule has 1 aromatic rings. The largest absolute Gasteiger partial charge is 0.317 e. The second-order valence-electron chi connectivity index (χ2n) is 4.63. The predicted octanol–water partition coefficient (Wildman–Crippen LogP) is 1.94. The van der Waals surface area contributed by atoms with Crippen LogP contribution in [0.15, 0.2) is 18.2 Å². The van der Waals surface area contributed by atoms with Gasteiger partial charge >= 0.3 is 10.2 Å². The third-order valence-corrected chi connectivity index (χ3v) is 4.32.